The molecular weight excluding hydrogens is 246 g/mol. The van der Waals surface area contributed by atoms with Crippen molar-refractivity contribution in [3.63, 3.8) is 0 Å². The van der Waals surface area contributed by atoms with Gasteiger partial charge in [-0.05, 0) is 31.0 Å². The van der Waals surface area contributed by atoms with Gasteiger partial charge in [-0.2, -0.15) is 0 Å². The van der Waals surface area contributed by atoms with E-state index in [0.29, 0.717) is 28.0 Å². The van der Waals surface area contributed by atoms with Crippen molar-refractivity contribution in [3.05, 3.63) is 23.2 Å². The first kappa shape index (κ1) is 13.5. The van der Waals surface area contributed by atoms with Crippen LogP contribution >= 0.6 is 11.6 Å². The summed E-state index contributed by atoms with van der Waals surface area (Å²) < 4.78 is 16.8. The third-order valence-electron chi connectivity index (χ3n) is 2.15. The van der Waals surface area contributed by atoms with E-state index in [1.807, 2.05) is 0 Å². The van der Waals surface area contributed by atoms with E-state index in [1.165, 1.54) is 0 Å². The van der Waals surface area contributed by atoms with Crippen molar-refractivity contribution >= 4 is 28.1 Å². The Morgan fingerprint density at radius 1 is 1.44 bits per heavy atom. The lowest BCUT2D eigenvalue weighted by molar-refractivity contribution is 0.194. The van der Waals surface area contributed by atoms with E-state index in [1.54, 1.807) is 25.3 Å². The molecule has 0 amide bonds. The van der Waals surface area contributed by atoms with Gasteiger partial charge in [0.05, 0.1) is 15.7 Å². The zero-order valence-electron chi connectivity index (χ0n) is 9.24. The second-order valence-corrected chi connectivity index (χ2v) is 5.41. The Labute approximate surface area is 103 Å². The molecule has 1 atom stereocenters. The van der Waals surface area contributed by atoms with Crippen LogP contribution in [0.1, 0.15) is 12.8 Å². The van der Waals surface area contributed by atoms with Gasteiger partial charge in [0.15, 0.2) is 0 Å². The van der Waals surface area contributed by atoms with Crippen LogP contribution in [0.25, 0.3) is 0 Å². The van der Waals surface area contributed by atoms with Gasteiger partial charge in [-0.1, -0.05) is 11.6 Å². The van der Waals surface area contributed by atoms with Crippen molar-refractivity contribution in [2.24, 2.45) is 0 Å². The van der Waals surface area contributed by atoms with Gasteiger partial charge in [-0.15, -0.1) is 0 Å². The molecule has 1 rings (SSSR count). The lowest BCUT2D eigenvalue weighted by Crippen LogP contribution is -2.03. The van der Waals surface area contributed by atoms with Crippen molar-refractivity contribution < 1.29 is 8.95 Å². The monoisotopic (exact) mass is 261 g/mol. The van der Waals surface area contributed by atoms with Crippen LogP contribution in [0.2, 0.25) is 5.02 Å². The van der Waals surface area contributed by atoms with Crippen LogP contribution in [0.3, 0.4) is 0 Å². The molecule has 0 bridgehead atoms. The molecule has 0 aromatic heterocycles. The lowest BCUT2D eigenvalue weighted by atomic mass is 10.3. The second kappa shape index (κ2) is 6.89. The molecule has 0 radical (unpaired) electrons. The summed E-state index contributed by atoms with van der Waals surface area (Å²) >= 11 is 5.77. The number of ether oxygens (including phenoxy) is 1. The number of nitrogen functional groups attached to an aromatic ring is 1. The van der Waals surface area contributed by atoms with Crippen LogP contribution in [-0.2, 0) is 15.5 Å². The van der Waals surface area contributed by atoms with Crippen LogP contribution < -0.4 is 5.73 Å². The van der Waals surface area contributed by atoms with Gasteiger partial charge < -0.3 is 10.5 Å². The Morgan fingerprint density at radius 2 is 2.19 bits per heavy atom. The molecule has 0 saturated carbocycles. The molecule has 1 aromatic rings. The van der Waals surface area contributed by atoms with Gasteiger partial charge in [0.1, 0.15) is 0 Å². The summed E-state index contributed by atoms with van der Waals surface area (Å²) in [5.74, 6) is 0.606. The number of benzene rings is 1. The van der Waals surface area contributed by atoms with Crippen LogP contribution in [0.15, 0.2) is 23.1 Å². The summed E-state index contributed by atoms with van der Waals surface area (Å²) in [6.45, 7) is 0.702. The molecule has 0 aliphatic carbocycles. The van der Waals surface area contributed by atoms with E-state index in [2.05, 4.69) is 0 Å². The van der Waals surface area contributed by atoms with Crippen molar-refractivity contribution in [2.75, 3.05) is 25.2 Å². The predicted octanol–water partition coefficient (Wildman–Crippen LogP) is 2.46. The molecule has 1 unspecified atom stereocenters. The van der Waals surface area contributed by atoms with Gasteiger partial charge in [0.25, 0.3) is 0 Å². The average Bonchev–Trinajstić information content (AvgIpc) is 2.24. The third-order valence-corrected chi connectivity index (χ3v) is 3.90. The Hall–Kier alpha value is -0.580. The zero-order chi connectivity index (χ0) is 12.0. The van der Waals surface area contributed by atoms with E-state index >= 15 is 0 Å². The summed E-state index contributed by atoms with van der Waals surface area (Å²) in [6.07, 6.45) is 1.78. The molecule has 0 spiro atoms. The number of hydrogen-bond donors (Lipinski definition) is 1. The summed E-state index contributed by atoms with van der Waals surface area (Å²) in [7, 11) is 0.615. The topological polar surface area (TPSA) is 52.3 Å². The number of unbranched alkanes of at least 4 members (excludes halogenated alkanes) is 1. The molecule has 1 aromatic carbocycles. The molecule has 0 aliphatic heterocycles. The summed E-state index contributed by atoms with van der Waals surface area (Å²) in [5, 5.41) is 0.567. The van der Waals surface area contributed by atoms with E-state index in [-0.39, 0.29) is 0 Å². The summed E-state index contributed by atoms with van der Waals surface area (Å²) in [6, 6.07) is 5.06. The predicted molar refractivity (Wildman–Crippen MR) is 68.2 cm³/mol. The molecule has 5 heteroatoms. The normalized spacial score (nSPS) is 12.6. The Bertz CT molecular complexity index is 371. The van der Waals surface area contributed by atoms with E-state index in [0.717, 1.165) is 12.8 Å². The molecule has 0 heterocycles. The van der Waals surface area contributed by atoms with Crippen molar-refractivity contribution in [2.45, 2.75) is 17.7 Å². The van der Waals surface area contributed by atoms with Gasteiger partial charge in [0.2, 0.25) is 0 Å². The van der Waals surface area contributed by atoms with E-state index in [4.69, 9.17) is 22.1 Å². The van der Waals surface area contributed by atoms with Crippen molar-refractivity contribution in [1.82, 2.24) is 0 Å². The van der Waals surface area contributed by atoms with Crippen LogP contribution in [0.4, 0.5) is 5.69 Å². The second-order valence-electron chi connectivity index (χ2n) is 3.43. The molecule has 0 aliphatic rings. The summed E-state index contributed by atoms with van der Waals surface area (Å²) in [5.41, 5.74) is 6.25. The fraction of sp³-hybridized carbons (Fsp3) is 0.455. The van der Waals surface area contributed by atoms with E-state index in [9.17, 15) is 4.21 Å². The third kappa shape index (κ3) is 4.12. The zero-order valence-corrected chi connectivity index (χ0v) is 10.8. The van der Waals surface area contributed by atoms with Crippen LogP contribution in [-0.4, -0.2) is 23.7 Å². The largest absolute Gasteiger partial charge is 0.398 e. The molecule has 90 valence electrons. The first-order chi connectivity index (χ1) is 7.65. The number of anilines is 1. The molecule has 2 N–H and O–H groups in total. The fourth-order valence-corrected chi connectivity index (χ4v) is 2.72. The van der Waals surface area contributed by atoms with Crippen LogP contribution in [0.5, 0.6) is 0 Å². The Balaban J connectivity index is 2.53. The highest BCUT2D eigenvalue weighted by atomic mass is 35.5. The minimum Gasteiger partial charge on any atom is -0.398 e. The van der Waals surface area contributed by atoms with Gasteiger partial charge in [-0.25, -0.2) is 0 Å². The highest BCUT2D eigenvalue weighted by molar-refractivity contribution is 7.85. The lowest BCUT2D eigenvalue weighted by Gasteiger charge is -2.06. The number of rotatable bonds is 6. The number of hydrogen-bond acceptors (Lipinski definition) is 3. The number of methoxy groups -OCH3 is 1. The maximum atomic E-state index is 11.9. The van der Waals surface area contributed by atoms with Crippen molar-refractivity contribution in [3.8, 4) is 0 Å². The molecule has 16 heavy (non-hydrogen) atoms. The van der Waals surface area contributed by atoms with Gasteiger partial charge >= 0.3 is 0 Å². The minimum atomic E-state index is -1.05. The highest BCUT2D eigenvalue weighted by Gasteiger charge is 2.07. The fourth-order valence-electron chi connectivity index (χ4n) is 1.32. The van der Waals surface area contributed by atoms with E-state index < -0.39 is 10.8 Å². The highest BCUT2D eigenvalue weighted by Crippen LogP contribution is 2.21. The first-order valence-electron chi connectivity index (χ1n) is 5.07. The first-order valence-corrected chi connectivity index (χ1v) is 6.77. The standard InChI is InChI=1S/C11H16ClNO2S/c1-15-6-2-3-7-16(14)11-5-4-9(12)8-10(11)13/h4-5,8H,2-3,6-7,13H2,1H3. The van der Waals surface area contributed by atoms with Crippen molar-refractivity contribution in [1.29, 1.82) is 0 Å². The minimum absolute atomic E-state index is 0.498. The summed E-state index contributed by atoms with van der Waals surface area (Å²) in [4.78, 5) is 0.668. The molecular formula is C11H16ClNO2S. The number of nitrogens with two attached hydrogens (primary N) is 1. The molecule has 0 fully saturated rings. The maximum absolute atomic E-state index is 11.9. The molecule has 3 nitrogen and oxygen atoms in total. The quantitative estimate of drug-likeness (QED) is 0.632. The van der Waals surface area contributed by atoms with Gasteiger partial charge in [-0.3, -0.25) is 4.21 Å². The van der Waals surface area contributed by atoms with Crippen LogP contribution in [0, 0.1) is 0 Å². The smallest absolute Gasteiger partial charge is 0.0618 e. The Morgan fingerprint density at radius 3 is 2.81 bits per heavy atom. The SMILES string of the molecule is COCCCCS(=O)c1ccc(Cl)cc1N. The molecule has 0 saturated heterocycles. The number of halogens is 1. The average molecular weight is 262 g/mol. The van der Waals surface area contributed by atoms with Gasteiger partial charge in [0, 0.05) is 30.2 Å². The maximum Gasteiger partial charge on any atom is 0.0618 e. The Kier molecular flexibility index (Phi) is 5.80.